The van der Waals surface area contributed by atoms with E-state index in [0.29, 0.717) is 0 Å². The smallest absolute Gasteiger partial charge is 0.0619 e. The van der Waals surface area contributed by atoms with Crippen molar-refractivity contribution in [2.24, 2.45) is 0 Å². The molecule has 246 valence electrons. The Morgan fingerprint density at radius 1 is 0.320 bits per heavy atom. The minimum Gasteiger partial charge on any atom is -0.0619 e. The molecule has 50 heavy (non-hydrogen) atoms. The molecule has 0 radical (unpaired) electrons. The van der Waals surface area contributed by atoms with Crippen LogP contribution in [0.2, 0.25) is 0 Å². The summed E-state index contributed by atoms with van der Waals surface area (Å²) in [5.74, 6) is 0.776. The van der Waals surface area contributed by atoms with Crippen molar-refractivity contribution in [1.82, 2.24) is 0 Å². The summed E-state index contributed by atoms with van der Waals surface area (Å²) >= 11 is -3.21. The zero-order valence-corrected chi connectivity index (χ0v) is 32.0. The van der Waals surface area contributed by atoms with E-state index in [0.717, 1.165) is 5.92 Å². The van der Waals surface area contributed by atoms with E-state index in [4.69, 9.17) is 0 Å². The van der Waals surface area contributed by atoms with Gasteiger partial charge in [-0.15, -0.1) is 0 Å². The van der Waals surface area contributed by atoms with Crippen LogP contribution < -0.4 is 16.5 Å². The van der Waals surface area contributed by atoms with E-state index in [-0.39, 0.29) is 10.9 Å². The monoisotopic (exact) mass is 722 g/mol. The van der Waals surface area contributed by atoms with E-state index in [1.54, 1.807) is 0 Å². The number of benzene rings is 7. The average Bonchev–Trinajstić information content (AvgIpc) is 3.22. The molecule has 7 aromatic rings. The Hall–Kier alpha value is -4.47. The van der Waals surface area contributed by atoms with Gasteiger partial charge in [0.2, 0.25) is 0 Å². The van der Waals surface area contributed by atoms with E-state index in [1.165, 1.54) is 68.8 Å². The van der Waals surface area contributed by atoms with Crippen LogP contribution in [0, 0.1) is 0 Å². The first-order chi connectivity index (χ1) is 24.8. The van der Waals surface area contributed by atoms with Crippen molar-refractivity contribution < 1.29 is 0 Å². The van der Waals surface area contributed by atoms with E-state index < -0.39 is 15.0 Å². The third kappa shape index (κ3) is 7.64. The first kappa shape index (κ1) is 34.0. The Morgan fingerprint density at radius 2 is 0.620 bits per heavy atom. The van der Waals surface area contributed by atoms with Crippen LogP contribution in [0.15, 0.2) is 221 Å². The Morgan fingerprint density at radius 3 is 0.960 bits per heavy atom. The molecule has 2 heteroatoms. The fraction of sp³-hybridized carbons (Fsp3) is 0.125. The maximum Gasteiger partial charge on any atom is 0.166 e. The van der Waals surface area contributed by atoms with Crippen LogP contribution in [0.25, 0.3) is 0 Å². The first-order valence-corrected chi connectivity index (χ1v) is 24.2. The zero-order valence-electron chi connectivity index (χ0n) is 28.7. The molecule has 1 aliphatic carbocycles. The van der Waals surface area contributed by atoms with Crippen LogP contribution in [-0.4, -0.2) is 15.0 Å². The predicted octanol–water partition coefficient (Wildman–Crippen LogP) is 9.89. The van der Waals surface area contributed by atoms with E-state index in [1.807, 2.05) is 0 Å². The third-order valence-electron chi connectivity index (χ3n) is 10.3. The van der Waals surface area contributed by atoms with Crippen molar-refractivity contribution in [2.75, 3.05) is 0 Å². The largest absolute Gasteiger partial charge is 0.166 e. The molecule has 0 N–H and O–H groups in total. The van der Waals surface area contributed by atoms with Crippen LogP contribution >= 0.6 is 0 Å². The van der Waals surface area contributed by atoms with Gasteiger partial charge in [-0.1, -0.05) is 67.8 Å². The molecule has 1 fully saturated rings. The second-order valence-corrected chi connectivity index (χ2v) is 24.6. The Bertz CT molecular complexity index is 1790. The maximum atomic E-state index is 2.39. The fourth-order valence-electron chi connectivity index (χ4n) is 7.95. The molecule has 0 saturated heterocycles. The summed E-state index contributed by atoms with van der Waals surface area (Å²) in [6.07, 6.45) is 6.93. The van der Waals surface area contributed by atoms with Gasteiger partial charge in [0.05, 0.1) is 10.9 Å². The van der Waals surface area contributed by atoms with Crippen LogP contribution in [0.1, 0.15) is 43.6 Å². The van der Waals surface area contributed by atoms with Crippen molar-refractivity contribution in [2.45, 2.75) is 52.7 Å². The zero-order chi connectivity index (χ0) is 33.9. The van der Waals surface area contributed by atoms with Crippen LogP contribution in [0.4, 0.5) is 0 Å². The average molecular weight is 724 g/mol. The number of hydrogen-bond acceptors (Lipinski definition) is 0. The molecule has 0 aliphatic heterocycles. The fourth-order valence-corrected chi connectivity index (χ4v) is 21.6. The second kappa shape index (κ2) is 17.0. The molecule has 8 rings (SSSR count). The Balaban J connectivity index is 0.000000157. The van der Waals surface area contributed by atoms with Crippen molar-refractivity contribution in [3.05, 3.63) is 212 Å². The molecular weight excluding hydrogens is 678 g/mol. The minimum absolute atomic E-state index is 0.0278. The Kier molecular flexibility index (Phi) is 11.5. The number of rotatable bonds is 8. The van der Waals surface area contributed by atoms with Crippen LogP contribution in [0.5, 0.6) is 0 Å². The summed E-state index contributed by atoms with van der Waals surface area (Å²) in [6.45, 7) is 0. The maximum absolute atomic E-state index is 3.21. The molecule has 0 heterocycles. The summed E-state index contributed by atoms with van der Waals surface area (Å²) in [4.78, 5) is 4.19. The predicted molar refractivity (Wildman–Crippen MR) is 217 cm³/mol. The summed E-state index contributed by atoms with van der Waals surface area (Å²) in [5, 5.41) is 0. The van der Waals surface area contributed by atoms with Gasteiger partial charge in [0.1, 0.15) is 0 Å². The molecule has 0 spiro atoms. The molecule has 0 unspecified atom stereocenters. The van der Waals surface area contributed by atoms with Gasteiger partial charge in [-0.2, -0.15) is 0 Å². The number of hydrogen-bond donors (Lipinski definition) is 0. The van der Waals surface area contributed by atoms with Gasteiger partial charge in [0.25, 0.3) is 0 Å². The van der Waals surface area contributed by atoms with E-state index in [9.17, 15) is 0 Å². The van der Waals surface area contributed by atoms with Gasteiger partial charge < -0.3 is 0 Å². The topological polar surface area (TPSA) is 0 Å². The van der Waals surface area contributed by atoms with Crippen molar-refractivity contribution >= 4 is 42.4 Å². The summed E-state index contributed by atoms with van der Waals surface area (Å²) in [5.41, 5.74) is 1.54. The van der Waals surface area contributed by atoms with E-state index >= 15 is 0 Å². The molecule has 0 aromatic heterocycles. The van der Waals surface area contributed by atoms with Gasteiger partial charge in [-0.05, 0) is 60.7 Å². The molecule has 1 aliphatic rings. The molecule has 0 amide bonds. The van der Waals surface area contributed by atoms with Crippen molar-refractivity contribution in [3.63, 3.8) is 0 Å². The molecular formula is C48H45GaS. The van der Waals surface area contributed by atoms with E-state index in [2.05, 4.69) is 206 Å². The van der Waals surface area contributed by atoms with Crippen molar-refractivity contribution in [3.8, 4) is 0 Å². The first-order valence-electron chi connectivity index (χ1n) is 18.2. The minimum atomic E-state index is -3.21. The van der Waals surface area contributed by atoms with Gasteiger partial charge in [-0.25, -0.2) is 0 Å². The normalized spacial score (nSPS) is 13.3. The summed E-state index contributed by atoms with van der Waals surface area (Å²) < 4.78 is 5.92. The van der Waals surface area contributed by atoms with Gasteiger partial charge in [0, 0.05) is 0 Å². The summed E-state index contributed by atoms with van der Waals surface area (Å²) in [7, 11) is -0.0278. The molecule has 0 nitrogen and oxygen atoms in total. The third-order valence-corrected chi connectivity index (χ3v) is 24.2. The standard InChI is InChI=1S/C24H25S.4C6H5.Ga/c1-4-10-20(11-5-1)21-16-18-24(19-17-21)25(22-12-6-2-7-13-22)23-14-8-3-9-15-23;4*1-2-4-6-5-3-1;/h2-3,6-9,12-20H,1,4-5,10-11H2;4*1-5H;/q+1;;;;;-1. The van der Waals surface area contributed by atoms with Gasteiger partial charge >= 0.3 is 153 Å². The summed E-state index contributed by atoms with van der Waals surface area (Å²) in [6, 6.07) is 75.7. The van der Waals surface area contributed by atoms with Gasteiger partial charge in [0.15, 0.2) is 14.7 Å². The Labute approximate surface area is 305 Å². The molecule has 0 atom stereocenters. The molecule has 7 aromatic carbocycles. The molecule has 0 bridgehead atoms. The van der Waals surface area contributed by atoms with Crippen LogP contribution in [-0.2, 0) is 10.9 Å². The quantitative estimate of drug-likeness (QED) is 0.108. The van der Waals surface area contributed by atoms with Crippen LogP contribution in [0.3, 0.4) is 0 Å². The van der Waals surface area contributed by atoms with Crippen molar-refractivity contribution in [1.29, 1.82) is 0 Å². The second-order valence-electron chi connectivity index (χ2n) is 13.3. The van der Waals surface area contributed by atoms with Gasteiger partial charge in [-0.3, -0.25) is 0 Å². The molecule has 1 saturated carbocycles. The SMILES string of the molecule is c1cc[c]([Ga-]([c]2ccccc2)([c]2ccccc2)[c]2ccccc2)cc1.c1ccc([S+](c2ccccc2)c2ccc(C3CCCCC3)cc2)cc1.